The molecule has 0 spiro atoms. The van der Waals surface area contributed by atoms with Crippen LogP contribution >= 0.6 is 0 Å². The van der Waals surface area contributed by atoms with Gasteiger partial charge in [0.15, 0.2) is 0 Å². The van der Waals surface area contributed by atoms with Crippen LogP contribution in [0.5, 0.6) is 5.75 Å². The van der Waals surface area contributed by atoms with Gasteiger partial charge < -0.3 is 19.4 Å². The molecule has 0 unspecified atom stereocenters. The second-order valence-corrected chi connectivity index (χ2v) is 5.27. The molecule has 1 aliphatic heterocycles. The first kappa shape index (κ1) is 15.2. The molecular formula is C16H20N4O3. The van der Waals surface area contributed by atoms with E-state index in [9.17, 15) is 4.79 Å². The zero-order valence-corrected chi connectivity index (χ0v) is 13.0. The summed E-state index contributed by atoms with van der Waals surface area (Å²) in [6.45, 7) is 4.44. The molecule has 7 nitrogen and oxygen atoms in total. The highest BCUT2D eigenvalue weighted by Crippen LogP contribution is 2.34. The third kappa shape index (κ3) is 3.74. The summed E-state index contributed by atoms with van der Waals surface area (Å²) in [4.78, 5) is 21.1. The average Bonchev–Trinajstić information content (AvgIpc) is 3.06. The van der Waals surface area contributed by atoms with E-state index in [0.29, 0.717) is 25.4 Å². The number of hydrogen-bond donors (Lipinski definition) is 2. The van der Waals surface area contributed by atoms with Crippen LogP contribution in [0.3, 0.4) is 0 Å². The van der Waals surface area contributed by atoms with Gasteiger partial charge in [-0.05, 0) is 24.6 Å². The standard InChI is InChI=1S/C16H20N4O3/c1-2-6-23-16(21)19-12-3-4-15-14(8-12)20(5-7-22-15)10-13-9-17-11-18-13/h3-4,8-9,11H,2,5-7,10H2,1H3,(H,17,18)(H,19,21). The monoisotopic (exact) mass is 316 g/mol. The lowest BCUT2D eigenvalue weighted by atomic mass is 10.2. The maximum Gasteiger partial charge on any atom is 0.411 e. The van der Waals surface area contributed by atoms with Gasteiger partial charge in [0.1, 0.15) is 12.4 Å². The Morgan fingerprint density at radius 2 is 2.43 bits per heavy atom. The molecule has 0 fully saturated rings. The van der Waals surface area contributed by atoms with Gasteiger partial charge in [-0.25, -0.2) is 9.78 Å². The van der Waals surface area contributed by atoms with E-state index in [0.717, 1.165) is 30.1 Å². The first-order chi connectivity index (χ1) is 11.3. The van der Waals surface area contributed by atoms with Crippen molar-refractivity contribution in [3.8, 4) is 5.75 Å². The van der Waals surface area contributed by atoms with Crippen molar-refractivity contribution in [2.45, 2.75) is 19.9 Å². The Morgan fingerprint density at radius 1 is 1.52 bits per heavy atom. The highest BCUT2D eigenvalue weighted by atomic mass is 16.5. The molecular weight excluding hydrogens is 296 g/mol. The van der Waals surface area contributed by atoms with E-state index < -0.39 is 6.09 Å². The second kappa shape index (κ2) is 7.04. The number of fused-ring (bicyclic) bond motifs is 1. The number of ether oxygens (including phenoxy) is 2. The predicted octanol–water partition coefficient (Wildman–Crippen LogP) is 2.77. The summed E-state index contributed by atoms with van der Waals surface area (Å²) in [5.41, 5.74) is 2.58. The van der Waals surface area contributed by atoms with E-state index in [1.807, 2.05) is 31.3 Å². The van der Waals surface area contributed by atoms with Gasteiger partial charge in [-0.1, -0.05) is 6.92 Å². The summed E-state index contributed by atoms with van der Waals surface area (Å²) in [7, 11) is 0. The van der Waals surface area contributed by atoms with Crippen molar-refractivity contribution in [1.82, 2.24) is 9.97 Å². The summed E-state index contributed by atoms with van der Waals surface area (Å²) < 4.78 is 10.7. The molecule has 2 heterocycles. The van der Waals surface area contributed by atoms with Crippen molar-refractivity contribution >= 4 is 17.5 Å². The number of aromatic nitrogens is 2. The van der Waals surface area contributed by atoms with Crippen LogP contribution in [-0.2, 0) is 11.3 Å². The van der Waals surface area contributed by atoms with Gasteiger partial charge in [-0.3, -0.25) is 5.32 Å². The van der Waals surface area contributed by atoms with Gasteiger partial charge in [-0.15, -0.1) is 0 Å². The molecule has 0 radical (unpaired) electrons. The van der Waals surface area contributed by atoms with Crippen molar-refractivity contribution in [1.29, 1.82) is 0 Å². The van der Waals surface area contributed by atoms with Crippen molar-refractivity contribution in [3.05, 3.63) is 36.4 Å². The zero-order valence-electron chi connectivity index (χ0n) is 13.0. The maximum absolute atomic E-state index is 11.7. The van der Waals surface area contributed by atoms with Crippen LogP contribution in [0.2, 0.25) is 0 Å². The van der Waals surface area contributed by atoms with Crippen LogP contribution in [0.25, 0.3) is 0 Å². The second-order valence-electron chi connectivity index (χ2n) is 5.27. The minimum Gasteiger partial charge on any atom is -0.490 e. The Bertz CT molecular complexity index is 657. The lowest BCUT2D eigenvalue weighted by Gasteiger charge is -2.31. The third-order valence-electron chi connectivity index (χ3n) is 3.51. The van der Waals surface area contributed by atoms with Crippen molar-refractivity contribution in [2.24, 2.45) is 0 Å². The first-order valence-corrected chi connectivity index (χ1v) is 7.69. The van der Waals surface area contributed by atoms with E-state index in [1.165, 1.54) is 0 Å². The number of imidazole rings is 1. The Hall–Kier alpha value is -2.70. The lowest BCUT2D eigenvalue weighted by Crippen LogP contribution is -2.32. The topological polar surface area (TPSA) is 79.5 Å². The number of nitrogens with zero attached hydrogens (tertiary/aromatic N) is 2. The summed E-state index contributed by atoms with van der Waals surface area (Å²) in [6.07, 6.45) is 3.89. The molecule has 1 aromatic carbocycles. The minimum atomic E-state index is -0.442. The van der Waals surface area contributed by atoms with Gasteiger partial charge in [-0.2, -0.15) is 0 Å². The van der Waals surface area contributed by atoms with Crippen LogP contribution in [0, 0.1) is 0 Å². The average molecular weight is 316 g/mol. The third-order valence-corrected chi connectivity index (χ3v) is 3.51. The van der Waals surface area contributed by atoms with Crippen LogP contribution < -0.4 is 15.0 Å². The quantitative estimate of drug-likeness (QED) is 0.886. The van der Waals surface area contributed by atoms with Crippen molar-refractivity contribution in [2.75, 3.05) is 30.0 Å². The van der Waals surface area contributed by atoms with Gasteiger partial charge in [0.2, 0.25) is 0 Å². The molecule has 0 bridgehead atoms. The highest BCUT2D eigenvalue weighted by molar-refractivity contribution is 5.86. The predicted molar refractivity (Wildman–Crippen MR) is 86.8 cm³/mol. The number of carbonyl (C=O) groups is 1. The number of anilines is 2. The zero-order chi connectivity index (χ0) is 16.1. The maximum atomic E-state index is 11.7. The fourth-order valence-corrected chi connectivity index (χ4v) is 2.44. The summed E-state index contributed by atoms with van der Waals surface area (Å²) >= 11 is 0. The Kier molecular flexibility index (Phi) is 4.65. The lowest BCUT2D eigenvalue weighted by molar-refractivity contribution is 0.161. The smallest absolute Gasteiger partial charge is 0.411 e. The largest absolute Gasteiger partial charge is 0.490 e. The molecule has 122 valence electrons. The van der Waals surface area contributed by atoms with Crippen molar-refractivity contribution in [3.63, 3.8) is 0 Å². The minimum absolute atomic E-state index is 0.408. The number of H-pyrrole nitrogens is 1. The SMILES string of the molecule is CCCOC(=O)Nc1ccc2c(c1)N(Cc1c[nH]cn1)CCO2. The molecule has 1 amide bonds. The van der Waals surface area contributed by atoms with E-state index in [-0.39, 0.29) is 0 Å². The first-order valence-electron chi connectivity index (χ1n) is 7.69. The summed E-state index contributed by atoms with van der Waals surface area (Å²) in [5, 5.41) is 2.74. The summed E-state index contributed by atoms with van der Waals surface area (Å²) in [5.74, 6) is 0.805. The Morgan fingerprint density at radius 3 is 3.22 bits per heavy atom. The van der Waals surface area contributed by atoms with Crippen LogP contribution in [-0.4, -0.2) is 35.8 Å². The molecule has 0 saturated heterocycles. The number of amides is 1. The molecule has 0 atom stereocenters. The number of rotatable bonds is 5. The number of carbonyl (C=O) groups excluding carboxylic acids is 1. The fraction of sp³-hybridized carbons (Fsp3) is 0.375. The van der Waals surface area contributed by atoms with Crippen LogP contribution in [0.1, 0.15) is 19.0 Å². The molecule has 3 rings (SSSR count). The number of nitrogens with one attached hydrogen (secondary N) is 2. The number of benzene rings is 1. The normalized spacial score (nSPS) is 13.2. The van der Waals surface area contributed by atoms with Crippen LogP contribution in [0.4, 0.5) is 16.2 Å². The summed E-state index contributed by atoms with van der Waals surface area (Å²) in [6, 6.07) is 5.57. The van der Waals surface area contributed by atoms with E-state index in [1.54, 1.807) is 6.33 Å². The van der Waals surface area contributed by atoms with E-state index >= 15 is 0 Å². The van der Waals surface area contributed by atoms with Gasteiger partial charge in [0.25, 0.3) is 0 Å². The molecule has 2 aromatic rings. The van der Waals surface area contributed by atoms with Gasteiger partial charge >= 0.3 is 6.09 Å². The van der Waals surface area contributed by atoms with Gasteiger partial charge in [0.05, 0.1) is 37.4 Å². The Labute approximate surface area is 134 Å². The molecule has 2 N–H and O–H groups in total. The van der Waals surface area contributed by atoms with Crippen LogP contribution in [0.15, 0.2) is 30.7 Å². The molecule has 7 heteroatoms. The fourth-order valence-electron chi connectivity index (χ4n) is 2.44. The van der Waals surface area contributed by atoms with Crippen molar-refractivity contribution < 1.29 is 14.3 Å². The van der Waals surface area contributed by atoms with E-state index in [2.05, 4.69) is 20.2 Å². The molecule has 0 saturated carbocycles. The number of hydrogen-bond acceptors (Lipinski definition) is 5. The number of aromatic amines is 1. The molecule has 0 aliphatic carbocycles. The molecule has 1 aromatic heterocycles. The van der Waals surface area contributed by atoms with E-state index in [4.69, 9.17) is 9.47 Å². The van der Waals surface area contributed by atoms with Gasteiger partial charge in [0, 0.05) is 11.9 Å². The highest BCUT2D eigenvalue weighted by Gasteiger charge is 2.19. The molecule has 23 heavy (non-hydrogen) atoms. The Balaban J connectivity index is 1.74. The molecule has 1 aliphatic rings.